The van der Waals surface area contributed by atoms with Gasteiger partial charge in [0.1, 0.15) is 0 Å². The van der Waals surface area contributed by atoms with Gasteiger partial charge in [0.2, 0.25) is 0 Å². The van der Waals surface area contributed by atoms with E-state index in [1.807, 2.05) is 18.7 Å². The largest absolute Gasteiger partial charge is 0.324 e. The molecule has 94 valence electrons. The van der Waals surface area contributed by atoms with Crippen LogP contribution in [0.25, 0.3) is 0 Å². The van der Waals surface area contributed by atoms with Crippen molar-refractivity contribution in [3.63, 3.8) is 0 Å². The molecule has 1 fully saturated rings. The number of aromatic nitrogens is 2. The van der Waals surface area contributed by atoms with Crippen molar-refractivity contribution in [1.82, 2.24) is 9.78 Å². The Hall–Kier alpha value is -1.61. The molecule has 3 atom stereocenters. The summed E-state index contributed by atoms with van der Waals surface area (Å²) in [5, 5.41) is 4.38. The molecule has 2 aromatic rings. The molecule has 1 heterocycles. The third-order valence-electron chi connectivity index (χ3n) is 3.94. The zero-order valence-corrected chi connectivity index (χ0v) is 10.9. The van der Waals surface area contributed by atoms with E-state index in [-0.39, 0.29) is 6.04 Å². The molecule has 1 aliphatic carbocycles. The van der Waals surface area contributed by atoms with Crippen LogP contribution >= 0.6 is 0 Å². The van der Waals surface area contributed by atoms with Crippen LogP contribution < -0.4 is 5.73 Å². The Balaban J connectivity index is 1.77. The summed E-state index contributed by atoms with van der Waals surface area (Å²) in [6.07, 6.45) is 3.25. The van der Waals surface area contributed by atoms with Crippen LogP contribution in [0.1, 0.15) is 35.2 Å². The fourth-order valence-electron chi connectivity index (χ4n) is 2.87. The lowest BCUT2D eigenvalue weighted by Gasteiger charge is -2.10. The summed E-state index contributed by atoms with van der Waals surface area (Å²) in [6, 6.07) is 10.8. The summed E-state index contributed by atoms with van der Waals surface area (Å²) in [5.41, 5.74) is 10.1. The number of rotatable bonds is 3. The monoisotopic (exact) mass is 241 g/mol. The van der Waals surface area contributed by atoms with Gasteiger partial charge in [-0.15, -0.1) is 0 Å². The van der Waals surface area contributed by atoms with Crippen LogP contribution in [0.2, 0.25) is 0 Å². The quantitative estimate of drug-likeness (QED) is 0.897. The Labute approximate surface area is 108 Å². The Morgan fingerprint density at radius 3 is 2.67 bits per heavy atom. The molecule has 1 aliphatic rings. The zero-order chi connectivity index (χ0) is 12.7. The average molecular weight is 241 g/mol. The first-order valence-electron chi connectivity index (χ1n) is 6.47. The highest BCUT2D eigenvalue weighted by molar-refractivity contribution is 5.30. The molecule has 2 N–H and O–H groups in total. The van der Waals surface area contributed by atoms with Crippen LogP contribution in [0.15, 0.2) is 36.5 Å². The fraction of sp³-hybridized carbons (Fsp3) is 0.400. The van der Waals surface area contributed by atoms with E-state index in [4.69, 9.17) is 5.73 Å². The van der Waals surface area contributed by atoms with Crippen molar-refractivity contribution < 1.29 is 0 Å². The molecule has 0 amide bonds. The maximum atomic E-state index is 6.39. The van der Waals surface area contributed by atoms with E-state index in [1.165, 1.54) is 17.5 Å². The molecule has 0 bridgehead atoms. The SMILES string of the molecule is Cc1nn(C)cc1C(N)C1CC1c1ccccc1. The van der Waals surface area contributed by atoms with Gasteiger partial charge in [0, 0.05) is 24.8 Å². The highest BCUT2D eigenvalue weighted by Crippen LogP contribution is 2.53. The molecule has 3 rings (SSSR count). The van der Waals surface area contributed by atoms with Crippen molar-refractivity contribution in [1.29, 1.82) is 0 Å². The van der Waals surface area contributed by atoms with Crippen LogP contribution in [0.4, 0.5) is 0 Å². The van der Waals surface area contributed by atoms with Gasteiger partial charge in [-0.05, 0) is 30.7 Å². The van der Waals surface area contributed by atoms with Gasteiger partial charge in [0.05, 0.1) is 5.69 Å². The molecular formula is C15H19N3. The van der Waals surface area contributed by atoms with Gasteiger partial charge in [0.15, 0.2) is 0 Å². The Morgan fingerprint density at radius 2 is 2.06 bits per heavy atom. The summed E-state index contributed by atoms with van der Waals surface area (Å²) < 4.78 is 1.85. The fourth-order valence-corrected chi connectivity index (χ4v) is 2.87. The van der Waals surface area contributed by atoms with Crippen LogP contribution in [0.5, 0.6) is 0 Å². The van der Waals surface area contributed by atoms with Crippen molar-refractivity contribution in [3.8, 4) is 0 Å². The molecule has 1 aromatic carbocycles. The number of hydrogen-bond acceptors (Lipinski definition) is 2. The third kappa shape index (κ3) is 1.95. The topological polar surface area (TPSA) is 43.8 Å². The molecule has 0 aliphatic heterocycles. The van der Waals surface area contributed by atoms with Gasteiger partial charge in [-0.3, -0.25) is 4.68 Å². The van der Waals surface area contributed by atoms with Gasteiger partial charge in [0.25, 0.3) is 0 Å². The van der Waals surface area contributed by atoms with Crippen LogP contribution in [0.3, 0.4) is 0 Å². The summed E-state index contributed by atoms with van der Waals surface area (Å²) in [6.45, 7) is 2.04. The first kappa shape index (κ1) is 11.5. The van der Waals surface area contributed by atoms with Gasteiger partial charge < -0.3 is 5.73 Å². The number of hydrogen-bond donors (Lipinski definition) is 1. The second-order valence-electron chi connectivity index (χ2n) is 5.29. The van der Waals surface area contributed by atoms with Gasteiger partial charge in [-0.25, -0.2) is 0 Å². The number of benzene rings is 1. The Morgan fingerprint density at radius 1 is 1.33 bits per heavy atom. The summed E-state index contributed by atoms with van der Waals surface area (Å²) in [5.74, 6) is 1.19. The van der Waals surface area contributed by atoms with E-state index in [2.05, 4.69) is 41.6 Å². The predicted molar refractivity (Wildman–Crippen MR) is 72.2 cm³/mol. The maximum Gasteiger partial charge on any atom is 0.0641 e. The normalized spacial score (nSPS) is 23.9. The first-order valence-corrected chi connectivity index (χ1v) is 6.47. The third-order valence-corrected chi connectivity index (χ3v) is 3.94. The Bertz CT molecular complexity index is 544. The van der Waals surface area contributed by atoms with Crippen LogP contribution in [-0.2, 0) is 7.05 Å². The van der Waals surface area contributed by atoms with Crippen molar-refractivity contribution in [3.05, 3.63) is 53.3 Å². The zero-order valence-electron chi connectivity index (χ0n) is 10.9. The van der Waals surface area contributed by atoms with Crippen molar-refractivity contribution in [2.75, 3.05) is 0 Å². The molecule has 3 heteroatoms. The van der Waals surface area contributed by atoms with Gasteiger partial charge in [-0.1, -0.05) is 30.3 Å². The van der Waals surface area contributed by atoms with E-state index in [9.17, 15) is 0 Å². The summed E-state index contributed by atoms with van der Waals surface area (Å²) in [4.78, 5) is 0. The minimum atomic E-state index is 0.115. The van der Waals surface area contributed by atoms with Gasteiger partial charge in [-0.2, -0.15) is 5.10 Å². The summed E-state index contributed by atoms with van der Waals surface area (Å²) >= 11 is 0. The van der Waals surface area contributed by atoms with E-state index in [0.29, 0.717) is 11.8 Å². The van der Waals surface area contributed by atoms with E-state index >= 15 is 0 Å². The summed E-state index contributed by atoms with van der Waals surface area (Å²) in [7, 11) is 1.95. The molecule has 0 radical (unpaired) electrons. The number of nitrogens with two attached hydrogens (primary N) is 1. The average Bonchev–Trinajstić information content (AvgIpc) is 3.10. The molecule has 1 aromatic heterocycles. The number of nitrogens with zero attached hydrogens (tertiary/aromatic N) is 2. The molecule has 18 heavy (non-hydrogen) atoms. The predicted octanol–water partition coefficient (Wildman–Crippen LogP) is 2.53. The van der Waals surface area contributed by atoms with Crippen molar-refractivity contribution in [2.24, 2.45) is 18.7 Å². The molecular weight excluding hydrogens is 222 g/mol. The minimum absolute atomic E-state index is 0.115. The van der Waals surface area contributed by atoms with Crippen molar-refractivity contribution >= 4 is 0 Å². The maximum absolute atomic E-state index is 6.39. The molecule has 0 saturated heterocycles. The van der Waals surface area contributed by atoms with E-state index in [0.717, 1.165) is 5.69 Å². The molecule has 3 nitrogen and oxygen atoms in total. The smallest absolute Gasteiger partial charge is 0.0641 e. The highest BCUT2D eigenvalue weighted by atomic mass is 15.3. The first-order chi connectivity index (χ1) is 8.66. The van der Waals surface area contributed by atoms with Crippen molar-refractivity contribution in [2.45, 2.75) is 25.3 Å². The minimum Gasteiger partial charge on any atom is -0.324 e. The van der Waals surface area contributed by atoms with Crippen LogP contribution in [-0.4, -0.2) is 9.78 Å². The van der Waals surface area contributed by atoms with Crippen LogP contribution in [0, 0.1) is 12.8 Å². The highest BCUT2D eigenvalue weighted by Gasteiger charge is 2.43. The lowest BCUT2D eigenvalue weighted by Crippen LogP contribution is -2.14. The molecule has 1 saturated carbocycles. The standard InChI is InChI=1S/C15H19N3/c1-10-14(9-18(2)17-10)15(16)13-8-12(13)11-6-4-3-5-7-11/h3-7,9,12-13,15H,8,16H2,1-2H3. The van der Waals surface area contributed by atoms with E-state index < -0.39 is 0 Å². The van der Waals surface area contributed by atoms with E-state index in [1.54, 1.807) is 0 Å². The second-order valence-corrected chi connectivity index (χ2v) is 5.29. The lowest BCUT2D eigenvalue weighted by atomic mass is 10.0. The Kier molecular flexibility index (Phi) is 2.71. The molecule has 3 unspecified atom stereocenters. The lowest BCUT2D eigenvalue weighted by molar-refractivity contribution is 0.612. The van der Waals surface area contributed by atoms with Gasteiger partial charge >= 0.3 is 0 Å². The number of aryl methyl sites for hydroxylation is 2. The molecule has 0 spiro atoms. The second kappa shape index (κ2) is 4.25.